The minimum atomic E-state index is -0.122. The van der Waals surface area contributed by atoms with Crippen LogP contribution in [-0.4, -0.2) is 36.5 Å². The number of aromatic nitrogens is 2. The third-order valence-electron chi connectivity index (χ3n) is 3.38. The van der Waals surface area contributed by atoms with Gasteiger partial charge in [0.1, 0.15) is 5.69 Å². The van der Waals surface area contributed by atoms with Crippen molar-refractivity contribution in [3.63, 3.8) is 0 Å². The van der Waals surface area contributed by atoms with E-state index in [1.807, 2.05) is 25.1 Å². The molecule has 0 aliphatic heterocycles. The third-order valence-corrected chi connectivity index (χ3v) is 3.38. The first-order valence-corrected chi connectivity index (χ1v) is 7.05. The zero-order valence-corrected chi connectivity index (χ0v) is 13.3. The summed E-state index contributed by atoms with van der Waals surface area (Å²) in [6, 6.07) is 7.51. The van der Waals surface area contributed by atoms with Gasteiger partial charge < -0.3 is 14.8 Å². The number of amides is 1. The summed E-state index contributed by atoms with van der Waals surface area (Å²) in [6.45, 7) is 2.40. The van der Waals surface area contributed by atoms with Gasteiger partial charge in [-0.1, -0.05) is 6.07 Å². The molecule has 1 aromatic heterocycles. The zero-order chi connectivity index (χ0) is 16.1. The number of hydrogen-bond donors (Lipinski definition) is 1. The molecule has 2 rings (SSSR count). The van der Waals surface area contributed by atoms with Gasteiger partial charge in [0.15, 0.2) is 11.5 Å². The van der Waals surface area contributed by atoms with Gasteiger partial charge in [-0.25, -0.2) is 0 Å². The Morgan fingerprint density at radius 3 is 2.55 bits per heavy atom. The third kappa shape index (κ3) is 3.58. The summed E-state index contributed by atoms with van der Waals surface area (Å²) in [6.07, 6.45) is 0.711. The molecule has 1 aromatic carbocycles. The van der Waals surface area contributed by atoms with E-state index in [2.05, 4.69) is 10.4 Å². The lowest BCUT2D eigenvalue weighted by atomic mass is 10.1. The molecule has 0 spiro atoms. The lowest BCUT2D eigenvalue weighted by molar-refractivity contribution is 0.0944. The van der Waals surface area contributed by atoms with Gasteiger partial charge in [-0.3, -0.25) is 9.48 Å². The van der Waals surface area contributed by atoms with Crippen LogP contribution >= 0.6 is 0 Å². The highest BCUT2D eigenvalue weighted by Gasteiger charge is 2.11. The van der Waals surface area contributed by atoms with Gasteiger partial charge in [-0.05, 0) is 37.1 Å². The van der Waals surface area contributed by atoms with Crippen LogP contribution in [-0.2, 0) is 13.5 Å². The van der Waals surface area contributed by atoms with E-state index in [0.717, 1.165) is 11.3 Å². The quantitative estimate of drug-likeness (QED) is 0.882. The molecule has 1 amide bonds. The Kier molecular flexibility index (Phi) is 5.04. The maximum Gasteiger partial charge on any atom is 0.269 e. The molecule has 0 unspecified atom stereocenters. The molecule has 6 heteroatoms. The van der Waals surface area contributed by atoms with Gasteiger partial charge in [-0.15, -0.1) is 0 Å². The van der Waals surface area contributed by atoms with Crippen LogP contribution in [0, 0.1) is 6.92 Å². The molecule has 0 saturated heterocycles. The SMILES string of the molecule is COc1ccc(CCNC(=O)c2cc(C)nn2C)cc1OC. The highest BCUT2D eigenvalue weighted by Crippen LogP contribution is 2.27. The fourth-order valence-electron chi connectivity index (χ4n) is 2.27. The number of nitrogens with one attached hydrogen (secondary N) is 1. The number of rotatable bonds is 6. The average molecular weight is 303 g/mol. The van der Waals surface area contributed by atoms with E-state index in [4.69, 9.17) is 9.47 Å². The predicted octanol–water partition coefficient (Wildman–Crippen LogP) is 1.72. The van der Waals surface area contributed by atoms with Crippen LogP contribution in [0.4, 0.5) is 0 Å². The number of ether oxygens (including phenoxy) is 2. The van der Waals surface area contributed by atoms with Crippen LogP contribution < -0.4 is 14.8 Å². The van der Waals surface area contributed by atoms with Crippen molar-refractivity contribution in [3.8, 4) is 11.5 Å². The van der Waals surface area contributed by atoms with E-state index < -0.39 is 0 Å². The van der Waals surface area contributed by atoms with E-state index in [1.165, 1.54) is 0 Å². The first-order chi connectivity index (χ1) is 10.5. The molecule has 0 saturated carbocycles. The van der Waals surface area contributed by atoms with Crippen molar-refractivity contribution in [1.82, 2.24) is 15.1 Å². The van der Waals surface area contributed by atoms with Crippen LogP contribution in [0.25, 0.3) is 0 Å². The summed E-state index contributed by atoms with van der Waals surface area (Å²) in [5, 5.41) is 7.06. The molecular weight excluding hydrogens is 282 g/mol. The summed E-state index contributed by atoms with van der Waals surface area (Å²) in [4.78, 5) is 12.1. The first kappa shape index (κ1) is 15.9. The second kappa shape index (κ2) is 6.98. The zero-order valence-electron chi connectivity index (χ0n) is 13.3. The Bertz CT molecular complexity index is 665. The Hall–Kier alpha value is -2.50. The van der Waals surface area contributed by atoms with Crippen LogP contribution in [0.3, 0.4) is 0 Å². The highest BCUT2D eigenvalue weighted by molar-refractivity contribution is 5.92. The minimum absolute atomic E-state index is 0.122. The van der Waals surface area contributed by atoms with E-state index in [9.17, 15) is 4.79 Å². The highest BCUT2D eigenvalue weighted by atomic mass is 16.5. The molecule has 1 N–H and O–H groups in total. The van der Waals surface area contributed by atoms with E-state index in [-0.39, 0.29) is 5.91 Å². The van der Waals surface area contributed by atoms with Crippen LogP contribution in [0.1, 0.15) is 21.7 Å². The Morgan fingerprint density at radius 2 is 1.95 bits per heavy atom. The number of nitrogens with zero attached hydrogens (tertiary/aromatic N) is 2. The molecule has 0 radical (unpaired) electrons. The second-order valence-electron chi connectivity index (χ2n) is 4.99. The Labute approximate surface area is 130 Å². The lowest BCUT2D eigenvalue weighted by Gasteiger charge is -2.10. The molecule has 118 valence electrons. The molecule has 6 nitrogen and oxygen atoms in total. The summed E-state index contributed by atoms with van der Waals surface area (Å²) in [5.74, 6) is 1.26. The fraction of sp³-hybridized carbons (Fsp3) is 0.375. The number of carbonyl (C=O) groups is 1. The van der Waals surface area contributed by atoms with Gasteiger partial charge in [0.05, 0.1) is 19.9 Å². The van der Waals surface area contributed by atoms with Crippen molar-refractivity contribution in [2.24, 2.45) is 7.05 Å². The molecule has 0 bridgehead atoms. The van der Waals surface area contributed by atoms with Gasteiger partial charge >= 0.3 is 0 Å². The smallest absolute Gasteiger partial charge is 0.269 e. The summed E-state index contributed by atoms with van der Waals surface area (Å²) in [5.41, 5.74) is 2.46. The molecule has 1 heterocycles. The van der Waals surface area contributed by atoms with Crippen molar-refractivity contribution >= 4 is 5.91 Å². The molecule has 0 atom stereocenters. The Morgan fingerprint density at radius 1 is 1.23 bits per heavy atom. The number of aryl methyl sites for hydroxylation is 2. The van der Waals surface area contributed by atoms with Crippen molar-refractivity contribution < 1.29 is 14.3 Å². The second-order valence-corrected chi connectivity index (χ2v) is 4.99. The van der Waals surface area contributed by atoms with Gasteiger partial charge in [0, 0.05) is 13.6 Å². The lowest BCUT2D eigenvalue weighted by Crippen LogP contribution is -2.27. The average Bonchev–Trinajstić information content (AvgIpc) is 2.85. The summed E-state index contributed by atoms with van der Waals surface area (Å²) >= 11 is 0. The molecule has 0 fully saturated rings. The summed E-state index contributed by atoms with van der Waals surface area (Å²) in [7, 11) is 4.97. The van der Waals surface area contributed by atoms with Crippen molar-refractivity contribution in [3.05, 3.63) is 41.2 Å². The van der Waals surface area contributed by atoms with Crippen LogP contribution in [0.2, 0.25) is 0 Å². The normalized spacial score (nSPS) is 10.4. The van der Waals surface area contributed by atoms with Gasteiger partial charge in [0.25, 0.3) is 5.91 Å². The number of hydrogen-bond acceptors (Lipinski definition) is 4. The van der Waals surface area contributed by atoms with Gasteiger partial charge in [-0.2, -0.15) is 5.10 Å². The standard InChI is InChI=1S/C16H21N3O3/c1-11-9-13(19(2)18-11)16(20)17-8-7-12-5-6-14(21-3)15(10-12)22-4/h5-6,9-10H,7-8H2,1-4H3,(H,17,20). The molecule has 2 aromatic rings. The molecular formula is C16H21N3O3. The largest absolute Gasteiger partial charge is 0.493 e. The first-order valence-electron chi connectivity index (χ1n) is 7.05. The molecule has 0 aliphatic carbocycles. The monoisotopic (exact) mass is 303 g/mol. The number of benzene rings is 1. The summed E-state index contributed by atoms with van der Waals surface area (Å²) < 4.78 is 12.1. The van der Waals surface area contributed by atoms with E-state index >= 15 is 0 Å². The molecule has 22 heavy (non-hydrogen) atoms. The van der Waals surface area contributed by atoms with Crippen molar-refractivity contribution in [2.45, 2.75) is 13.3 Å². The van der Waals surface area contributed by atoms with Gasteiger partial charge in [0.2, 0.25) is 0 Å². The number of methoxy groups -OCH3 is 2. The minimum Gasteiger partial charge on any atom is -0.493 e. The maximum atomic E-state index is 12.1. The number of carbonyl (C=O) groups excluding carboxylic acids is 1. The van der Waals surface area contributed by atoms with Crippen molar-refractivity contribution in [1.29, 1.82) is 0 Å². The van der Waals surface area contributed by atoms with E-state index in [0.29, 0.717) is 30.2 Å². The Balaban J connectivity index is 1.93. The molecule has 0 aliphatic rings. The predicted molar refractivity (Wildman–Crippen MR) is 83.5 cm³/mol. The fourth-order valence-corrected chi connectivity index (χ4v) is 2.27. The van der Waals surface area contributed by atoms with Crippen LogP contribution in [0.5, 0.6) is 11.5 Å². The maximum absolute atomic E-state index is 12.1. The van der Waals surface area contributed by atoms with Crippen LogP contribution in [0.15, 0.2) is 24.3 Å². The topological polar surface area (TPSA) is 65.4 Å². The van der Waals surface area contributed by atoms with E-state index in [1.54, 1.807) is 32.0 Å². The van der Waals surface area contributed by atoms with Crippen molar-refractivity contribution in [2.75, 3.05) is 20.8 Å².